The van der Waals surface area contributed by atoms with E-state index in [4.69, 9.17) is 0 Å². The number of carbonyl (C=O) groups is 1. The van der Waals surface area contributed by atoms with Crippen molar-refractivity contribution in [1.82, 2.24) is 19.4 Å². The largest absolute Gasteiger partial charge is 0.337 e. The van der Waals surface area contributed by atoms with E-state index in [0.29, 0.717) is 12.6 Å². The summed E-state index contributed by atoms with van der Waals surface area (Å²) in [6.45, 7) is 5.58. The van der Waals surface area contributed by atoms with Crippen molar-refractivity contribution in [1.29, 1.82) is 0 Å². The maximum Gasteiger partial charge on any atom is 0.271 e. The zero-order valence-electron chi connectivity index (χ0n) is 14.5. The van der Waals surface area contributed by atoms with Gasteiger partial charge in [-0.3, -0.25) is 9.69 Å². The molecule has 5 nitrogen and oxygen atoms in total. The van der Waals surface area contributed by atoms with E-state index >= 15 is 0 Å². The lowest BCUT2D eigenvalue weighted by Crippen LogP contribution is -2.49. The van der Waals surface area contributed by atoms with Crippen LogP contribution in [-0.4, -0.2) is 44.4 Å². The van der Waals surface area contributed by atoms with Gasteiger partial charge in [0.2, 0.25) is 0 Å². The van der Waals surface area contributed by atoms with Gasteiger partial charge in [0.1, 0.15) is 5.69 Å². The number of hydrogen-bond donors (Lipinski definition) is 0. The van der Waals surface area contributed by atoms with Gasteiger partial charge >= 0.3 is 0 Å². The number of nitrogens with zero attached hydrogens (tertiary/aromatic N) is 4. The van der Waals surface area contributed by atoms with Gasteiger partial charge in [-0.05, 0) is 30.5 Å². The average Bonchev–Trinajstić information content (AvgIpc) is 3.40. The van der Waals surface area contributed by atoms with Gasteiger partial charge in [0.15, 0.2) is 0 Å². The molecule has 2 aliphatic rings. The molecule has 0 unspecified atom stereocenters. The Balaban J connectivity index is 1.45. The molecule has 0 saturated carbocycles. The third-order valence-electron chi connectivity index (χ3n) is 5.47. The fourth-order valence-corrected chi connectivity index (χ4v) is 5.68. The molecule has 134 valence electrons. The lowest BCUT2D eigenvalue weighted by molar-refractivity contribution is 0.0559. The Morgan fingerprint density at radius 2 is 2.04 bits per heavy atom. The van der Waals surface area contributed by atoms with E-state index in [2.05, 4.69) is 50.0 Å². The number of aromatic nitrogens is 2. The van der Waals surface area contributed by atoms with Crippen molar-refractivity contribution in [2.45, 2.75) is 32.1 Å². The van der Waals surface area contributed by atoms with Crippen LogP contribution in [0.5, 0.6) is 0 Å². The number of rotatable bonds is 4. The van der Waals surface area contributed by atoms with Crippen LogP contribution in [0.15, 0.2) is 41.4 Å². The van der Waals surface area contributed by atoms with E-state index in [1.165, 1.54) is 9.75 Å². The van der Waals surface area contributed by atoms with Gasteiger partial charge in [-0.2, -0.15) is 0 Å². The molecule has 0 spiro atoms. The molecule has 1 fully saturated rings. The minimum Gasteiger partial charge on any atom is -0.337 e. The smallest absolute Gasteiger partial charge is 0.271 e. The Morgan fingerprint density at radius 1 is 1.15 bits per heavy atom. The molecule has 0 N–H and O–H groups in total. The predicted molar refractivity (Wildman–Crippen MR) is 104 cm³/mol. The van der Waals surface area contributed by atoms with Crippen LogP contribution in [0, 0.1) is 6.92 Å². The van der Waals surface area contributed by atoms with Crippen molar-refractivity contribution in [2.24, 2.45) is 0 Å². The Labute approximate surface area is 160 Å². The van der Waals surface area contributed by atoms with Gasteiger partial charge in [0.25, 0.3) is 5.91 Å². The highest BCUT2D eigenvalue weighted by atomic mass is 32.1. The summed E-state index contributed by atoms with van der Waals surface area (Å²) in [7, 11) is 0. The Hall–Kier alpha value is -1.96. The predicted octanol–water partition coefficient (Wildman–Crippen LogP) is 3.40. The van der Waals surface area contributed by atoms with E-state index in [1.54, 1.807) is 22.7 Å². The fraction of sp³-hybridized carbons (Fsp3) is 0.368. The third-order valence-corrected chi connectivity index (χ3v) is 7.25. The minimum absolute atomic E-state index is 0.153. The van der Waals surface area contributed by atoms with E-state index < -0.39 is 0 Å². The summed E-state index contributed by atoms with van der Waals surface area (Å²) in [4.78, 5) is 24.6. The van der Waals surface area contributed by atoms with Gasteiger partial charge in [0, 0.05) is 35.6 Å². The highest BCUT2D eigenvalue weighted by Gasteiger charge is 2.45. The van der Waals surface area contributed by atoms with Crippen LogP contribution in [0.1, 0.15) is 32.0 Å². The number of fused-ring (bicyclic) bond motifs is 3. The molecule has 7 heteroatoms. The van der Waals surface area contributed by atoms with Crippen LogP contribution < -0.4 is 0 Å². The van der Waals surface area contributed by atoms with Crippen LogP contribution in [-0.2, 0) is 13.1 Å². The van der Waals surface area contributed by atoms with Gasteiger partial charge < -0.3 is 9.47 Å². The Morgan fingerprint density at radius 3 is 2.81 bits per heavy atom. The molecule has 5 heterocycles. The van der Waals surface area contributed by atoms with E-state index in [1.807, 2.05) is 17.6 Å². The van der Waals surface area contributed by atoms with Crippen molar-refractivity contribution < 1.29 is 4.79 Å². The molecule has 0 aromatic carbocycles. The van der Waals surface area contributed by atoms with Crippen molar-refractivity contribution in [2.75, 3.05) is 13.1 Å². The summed E-state index contributed by atoms with van der Waals surface area (Å²) in [5, 5.41) is 2.08. The molecule has 26 heavy (non-hydrogen) atoms. The van der Waals surface area contributed by atoms with E-state index in [9.17, 15) is 4.79 Å². The number of carbonyl (C=O) groups excluding carboxylic acids is 1. The molecular formula is C19H20N4OS2. The maximum atomic E-state index is 13.1. The van der Waals surface area contributed by atoms with Crippen molar-refractivity contribution in [3.8, 4) is 0 Å². The van der Waals surface area contributed by atoms with Crippen LogP contribution in [0.4, 0.5) is 0 Å². The van der Waals surface area contributed by atoms with Crippen molar-refractivity contribution in [3.63, 3.8) is 0 Å². The Kier molecular flexibility index (Phi) is 3.95. The molecule has 0 bridgehead atoms. The van der Waals surface area contributed by atoms with Crippen molar-refractivity contribution >= 4 is 28.6 Å². The summed E-state index contributed by atoms with van der Waals surface area (Å²) in [5.74, 6) is 0.153. The second-order valence-electron chi connectivity index (χ2n) is 7.00. The number of hydrogen-bond acceptors (Lipinski definition) is 5. The molecule has 0 aliphatic carbocycles. The van der Waals surface area contributed by atoms with Gasteiger partial charge in [-0.1, -0.05) is 6.07 Å². The highest BCUT2D eigenvalue weighted by molar-refractivity contribution is 7.10. The van der Waals surface area contributed by atoms with Gasteiger partial charge in [-0.25, -0.2) is 4.98 Å². The van der Waals surface area contributed by atoms with Crippen LogP contribution in [0.2, 0.25) is 0 Å². The molecule has 5 rings (SSSR count). The lowest BCUT2D eigenvalue weighted by Gasteiger charge is -2.38. The summed E-state index contributed by atoms with van der Waals surface area (Å²) in [5.41, 5.74) is 3.86. The molecule has 3 aromatic rings. The second-order valence-corrected chi connectivity index (χ2v) is 8.97. The molecule has 2 atom stereocenters. The molecule has 1 amide bonds. The first-order valence-electron chi connectivity index (χ1n) is 8.82. The number of likely N-dealkylation sites (tertiary alicyclic amines) is 1. The summed E-state index contributed by atoms with van der Waals surface area (Å²) >= 11 is 3.45. The van der Waals surface area contributed by atoms with Crippen LogP contribution >= 0.6 is 22.7 Å². The molecule has 0 radical (unpaired) electrons. The first kappa shape index (κ1) is 16.2. The summed E-state index contributed by atoms with van der Waals surface area (Å²) in [6.07, 6.45) is 2.06. The van der Waals surface area contributed by atoms with Gasteiger partial charge in [-0.15, -0.1) is 22.7 Å². The normalized spacial score (nSPS) is 22.7. The SMILES string of the molecule is Cc1ncsc1CN1C[C@@H]2[C@H](C1)N(Cc1cccs1)C(=O)c1cccn12. The van der Waals surface area contributed by atoms with Crippen molar-refractivity contribution in [3.05, 3.63) is 62.5 Å². The molecule has 3 aromatic heterocycles. The van der Waals surface area contributed by atoms with Crippen LogP contribution in [0.3, 0.4) is 0 Å². The number of thiazole rings is 1. The summed E-state index contributed by atoms with van der Waals surface area (Å²) in [6, 6.07) is 8.67. The standard InChI is InChI=1S/C19H20N4OS2/c1-13-18(26-12-20-13)11-21-9-16-17(10-21)23(8-14-4-3-7-25-14)19(24)15-5-2-6-22(15)16/h2-7,12,16-17H,8-11H2,1H3/t16-,17+/m1/s1. The second kappa shape index (κ2) is 6.33. The molecule has 2 aliphatic heterocycles. The third kappa shape index (κ3) is 2.62. The first-order chi connectivity index (χ1) is 12.7. The minimum atomic E-state index is 0.153. The van der Waals surface area contributed by atoms with E-state index in [0.717, 1.165) is 31.0 Å². The topological polar surface area (TPSA) is 41.4 Å². The first-order valence-corrected chi connectivity index (χ1v) is 10.6. The Bertz CT molecular complexity index is 929. The maximum absolute atomic E-state index is 13.1. The number of aryl methyl sites for hydroxylation is 1. The van der Waals surface area contributed by atoms with Crippen LogP contribution in [0.25, 0.3) is 0 Å². The lowest BCUT2D eigenvalue weighted by atomic mass is 10.1. The fourth-order valence-electron chi connectivity index (χ4n) is 4.16. The molecular weight excluding hydrogens is 364 g/mol. The number of thiophene rings is 1. The summed E-state index contributed by atoms with van der Waals surface area (Å²) < 4.78 is 2.19. The highest BCUT2D eigenvalue weighted by Crippen LogP contribution is 2.36. The van der Waals surface area contributed by atoms with E-state index in [-0.39, 0.29) is 11.9 Å². The zero-order chi connectivity index (χ0) is 17.7. The molecule has 1 saturated heterocycles. The number of amides is 1. The zero-order valence-corrected chi connectivity index (χ0v) is 16.2. The monoisotopic (exact) mass is 384 g/mol. The van der Waals surface area contributed by atoms with Gasteiger partial charge in [0.05, 0.1) is 29.8 Å². The average molecular weight is 385 g/mol. The quantitative estimate of drug-likeness (QED) is 0.692.